The summed E-state index contributed by atoms with van der Waals surface area (Å²) >= 11 is 0. The third kappa shape index (κ3) is 2.62. The molecule has 1 aromatic heterocycles. The van der Waals surface area contributed by atoms with Gasteiger partial charge in [0.25, 0.3) is 0 Å². The molecule has 7 nitrogen and oxygen atoms in total. The molecule has 1 aliphatic heterocycles. The molecule has 1 saturated heterocycles. The number of nitrogens with two attached hydrogens (primary N) is 1. The number of piperazine rings is 1. The Balaban J connectivity index is 2.05. The molecule has 0 bridgehead atoms. The molecule has 4 N–H and O–H groups in total. The van der Waals surface area contributed by atoms with Crippen LogP contribution in [0.4, 0.5) is 17.3 Å². The maximum Gasteiger partial charge on any atom is 0.157 e. The van der Waals surface area contributed by atoms with Crippen LogP contribution in [0.2, 0.25) is 0 Å². The lowest BCUT2D eigenvalue weighted by molar-refractivity contribution is 0.188. The van der Waals surface area contributed by atoms with Gasteiger partial charge in [0.05, 0.1) is 6.61 Å². The van der Waals surface area contributed by atoms with Crippen molar-refractivity contribution >= 4 is 17.3 Å². The Labute approximate surface area is 107 Å². The van der Waals surface area contributed by atoms with E-state index in [4.69, 9.17) is 10.8 Å². The van der Waals surface area contributed by atoms with E-state index in [1.54, 1.807) is 7.05 Å². The SMILES string of the molecule is CNc1ncnc(N2CCN(CCO)CC2)c1N. The van der Waals surface area contributed by atoms with Gasteiger partial charge in [0, 0.05) is 39.8 Å². The summed E-state index contributed by atoms with van der Waals surface area (Å²) < 4.78 is 0. The molecule has 0 aromatic carbocycles. The standard InChI is InChI=1S/C11H20N6O/c1-13-10-9(12)11(15-8-14-10)17-4-2-16(3-5-17)6-7-18/h8,18H,2-7,12H2,1H3,(H,13,14,15). The minimum atomic E-state index is 0.208. The van der Waals surface area contributed by atoms with E-state index < -0.39 is 0 Å². The number of β-amino-alcohol motifs (C(OH)–C–C–N with tert-alkyl or cyclic N) is 1. The molecule has 0 atom stereocenters. The molecule has 1 aliphatic rings. The summed E-state index contributed by atoms with van der Waals surface area (Å²) in [6.45, 7) is 4.50. The Morgan fingerprint density at radius 1 is 1.33 bits per heavy atom. The quantitative estimate of drug-likeness (QED) is 0.647. The zero-order valence-electron chi connectivity index (χ0n) is 10.6. The Hall–Kier alpha value is -1.60. The van der Waals surface area contributed by atoms with Crippen LogP contribution in [0.15, 0.2) is 6.33 Å². The highest BCUT2D eigenvalue weighted by molar-refractivity contribution is 5.74. The summed E-state index contributed by atoms with van der Waals surface area (Å²) in [5.74, 6) is 1.45. The lowest BCUT2D eigenvalue weighted by Crippen LogP contribution is -2.47. The normalized spacial score (nSPS) is 16.9. The number of aromatic nitrogens is 2. The summed E-state index contributed by atoms with van der Waals surface area (Å²) in [6, 6.07) is 0. The van der Waals surface area contributed by atoms with Crippen molar-refractivity contribution in [2.45, 2.75) is 0 Å². The Morgan fingerprint density at radius 3 is 2.67 bits per heavy atom. The zero-order valence-corrected chi connectivity index (χ0v) is 10.6. The highest BCUT2D eigenvalue weighted by Crippen LogP contribution is 2.26. The molecule has 0 spiro atoms. The highest BCUT2D eigenvalue weighted by Gasteiger charge is 2.20. The van der Waals surface area contributed by atoms with Gasteiger partial charge in [0.1, 0.15) is 12.0 Å². The van der Waals surface area contributed by atoms with Gasteiger partial charge < -0.3 is 21.1 Å². The van der Waals surface area contributed by atoms with Gasteiger partial charge >= 0.3 is 0 Å². The van der Waals surface area contributed by atoms with Crippen molar-refractivity contribution in [3.05, 3.63) is 6.33 Å². The third-order valence-corrected chi connectivity index (χ3v) is 3.19. The number of nitrogen functional groups attached to an aromatic ring is 1. The summed E-state index contributed by atoms with van der Waals surface area (Å²) in [7, 11) is 1.79. The van der Waals surface area contributed by atoms with Crippen LogP contribution in [-0.2, 0) is 0 Å². The topological polar surface area (TPSA) is 90.5 Å². The molecule has 0 unspecified atom stereocenters. The second-order valence-corrected chi connectivity index (χ2v) is 4.26. The average Bonchev–Trinajstić information content (AvgIpc) is 2.41. The van der Waals surface area contributed by atoms with Crippen LogP contribution in [0.3, 0.4) is 0 Å². The van der Waals surface area contributed by atoms with Crippen LogP contribution in [0, 0.1) is 0 Å². The van der Waals surface area contributed by atoms with Gasteiger partial charge in [-0.2, -0.15) is 0 Å². The molecule has 18 heavy (non-hydrogen) atoms. The summed E-state index contributed by atoms with van der Waals surface area (Å²) in [5, 5.41) is 11.9. The Morgan fingerprint density at radius 2 is 2.06 bits per heavy atom. The molecule has 1 aromatic rings. The van der Waals surface area contributed by atoms with Crippen LogP contribution in [-0.4, -0.2) is 66.4 Å². The summed E-state index contributed by atoms with van der Waals surface area (Å²) in [4.78, 5) is 12.7. The molecule has 0 amide bonds. The van der Waals surface area contributed by atoms with Crippen LogP contribution < -0.4 is 16.0 Å². The first-order valence-corrected chi connectivity index (χ1v) is 6.12. The van der Waals surface area contributed by atoms with E-state index in [9.17, 15) is 0 Å². The van der Waals surface area contributed by atoms with Crippen molar-refractivity contribution in [2.75, 3.05) is 62.3 Å². The van der Waals surface area contributed by atoms with Crippen LogP contribution in [0.5, 0.6) is 0 Å². The van der Waals surface area contributed by atoms with Crippen LogP contribution in [0.25, 0.3) is 0 Å². The summed E-state index contributed by atoms with van der Waals surface area (Å²) in [6.07, 6.45) is 1.53. The third-order valence-electron chi connectivity index (χ3n) is 3.19. The van der Waals surface area contributed by atoms with E-state index in [1.807, 2.05) is 0 Å². The molecular formula is C11H20N6O. The van der Waals surface area contributed by atoms with Crippen molar-refractivity contribution in [1.29, 1.82) is 0 Å². The fourth-order valence-electron chi connectivity index (χ4n) is 2.16. The molecular weight excluding hydrogens is 232 g/mol. The molecule has 2 heterocycles. The summed E-state index contributed by atoms with van der Waals surface area (Å²) in [5.41, 5.74) is 6.63. The van der Waals surface area contributed by atoms with Gasteiger partial charge in [-0.3, -0.25) is 4.90 Å². The van der Waals surface area contributed by atoms with Gasteiger partial charge in [0.2, 0.25) is 0 Å². The lowest BCUT2D eigenvalue weighted by Gasteiger charge is -2.35. The van der Waals surface area contributed by atoms with Gasteiger partial charge in [-0.25, -0.2) is 9.97 Å². The minimum absolute atomic E-state index is 0.208. The van der Waals surface area contributed by atoms with Crippen LogP contribution in [0.1, 0.15) is 0 Å². The minimum Gasteiger partial charge on any atom is -0.395 e. The average molecular weight is 252 g/mol. The Bertz CT molecular complexity index is 391. The van der Waals surface area contributed by atoms with E-state index in [1.165, 1.54) is 6.33 Å². The number of rotatable bonds is 4. The lowest BCUT2D eigenvalue weighted by atomic mass is 10.3. The molecule has 0 saturated carbocycles. The smallest absolute Gasteiger partial charge is 0.157 e. The number of hydrogen-bond donors (Lipinski definition) is 3. The van der Waals surface area contributed by atoms with Gasteiger partial charge in [0.15, 0.2) is 11.6 Å². The number of hydrogen-bond acceptors (Lipinski definition) is 7. The molecule has 0 radical (unpaired) electrons. The van der Waals surface area contributed by atoms with E-state index in [0.717, 1.165) is 38.5 Å². The first kappa shape index (κ1) is 12.8. The predicted molar refractivity (Wildman–Crippen MR) is 71.7 cm³/mol. The first-order chi connectivity index (χ1) is 8.76. The van der Waals surface area contributed by atoms with Gasteiger partial charge in [-0.05, 0) is 0 Å². The predicted octanol–water partition coefficient (Wildman–Crippen LogP) is -0.785. The fourth-order valence-corrected chi connectivity index (χ4v) is 2.16. The van der Waals surface area contributed by atoms with Gasteiger partial charge in [-0.1, -0.05) is 0 Å². The molecule has 7 heteroatoms. The largest absolute Gasteiger partial charge is 0.395 e. The van der Waals surface area contributed by atoms with E-state index in [0.29, 0.717) is 11.5 Å². The van der Waals surface area contributed by atoms with Crippen molar-refractivity contribution in [2.24, 2.45) is 0 Å². The number of anilines is 3. The second-order valence-electron chi connectivity index (χ2n) is 4.26. The van der Waals surface area contributed by atoms with E-state index in [-0.39, 0.29) is 6.61 Å². The molecule has 1 fully saturated rings. The Kier molecular flexibility index (Phi) is 4.16. The number of nitrogens with zero attached hydrogens (tertiary/aromatic N) is 4. The van der Waals surface area contributed by atoms with Crippen molar-refractivity contribution in [3.8, 4) is 0 Å². The maximum atomic E-state index is 8.91. The van der Waals surface area contributed by atoms with Crippen molar-refractivity contribution in [1.82, 2.24) is 14.9 Å². The van der Waals surface area contributed by atoms with E-state index in [2.05, 4.69) is 25.1 Å². The first-order valence-electron chi connectivity index (χ1n) is 6.12. The number of nitrogens with one attached hydrogen (secondary N) is 1. The second kappa shape index (κ2) is 5.83. The monoisotopic (exact) mass is 252 g/mol. The van der Waals surface area contributed by atoms with Crippen LogP contribution >= 0.6 is 0 Å². The molecule has 0 aliphatic carbocycles. The van der Waals surface area contributed by atoms with Crippen molar-refractivity contribution < 1.29 is 5.11 Å². The maximum absolute atomic E-state index is 8.91. The zero-order chi connectivity index (χ0) is 13.0. The van der Waals surface area contributed by atoms with E-state index >= 15 is 0 Å². The van der Waals surface area contributed by atoms with Crippen molar-refractivity contribution in [3.63, 3.8) is 0 Å². The fraction of sp³-hybridized carbons (Fsp3) is 0.636. The highest BCUT2D eigenvalue weighted by atomic mass is 16.3. The molecule has 2 rings (SSSR count). The number of aliphatic hydroxyl groups excluding tert-OH is 1. The van der Waals surface area contributed by atoms with Gasteiger partial charge in [-0.15, -0.1) is 0 Å². The molecule has 100 valence electrons. The number of aliphatic hydroxyl groups is 1.